The average Bonchev–Trinajstić information content (AvgIpc) is 3.88. The Bertz CT molecular complexity index is 3200. The third-order valence-electron chi connectivity index (χ3n) is 11.8. The molecule has 420 valence electrons. The minimum absolute atomic E-state index is 0.0230. The number of ether oxygens (including phenoxy) is 3. The van der Waals surface area contributed by atoms with Crippen molar-refractivity contribution < 1.29 is 28.0 Å². The van der Waals surface area contributed by atoms with Crippen LogP contribution in [0.15, 0.2) is 98.9 Å². The molecule has 0 spiro atoms. The maximum Gasteiger partial charge on any atom is 0.341 e. The Hall–Kier alpha value is -5.91. The molecular formula is C57H72BN9O6S6. The third-order valence-corrected chi connectivity index (χ3v) is 18.8. The van der Waals surface area contributed by atoms with Gasteiger partial charge in [-0.15, -0.1) is 34.0 Å². The number of dihydropyridines is 1. The molecule has 3 aromatic heterocycles. The van der Waals surface area contributed by atoms with E-state index in [9.17, 15) is 13.8 Å². The smallest absolute Gasteiger partial charge is 0.341 e. The molecule has 15 nitrogen and oxygen atoms in total. The lowest BCUT2D eigenvalue weighted by molar-refractivity contribution is 0.00698. The summed E-state index contributed by atoms with van der Waals surface area (Å²) in [5.41, 5.74) is 6.79. The van der Waals surface area contributed by atoms with Gasteiger partial charge >= 0.3 is 11.9 Å². The number of nitrogens with one attached hydrogen (secondary N) is 9. The molecule has 2 radical (unpaired) electrons. The van der Waals surface area contributed by atoms with Crippen LogP contribution < -0.4 is 24.9 Å². The van der Waals surface area contributed by atoms with Crippen molar-refractivity contribution in [3.63, 3.8) is 0 Å². The van der Waals surface area contributed by atoms with Crippen LogP contribution in [0.1, 0.15) is 134 Å². The topological polar surface area (TPSA) is 246 Å². The predicted octanol–water partition coefficient (Wildman–Crippen LogP) is 13.9. The number of fused-ring (bicyclic) bond motifs is 2. The Labute approximate surface area is 488 Å². The van der Waals surface area contributed by atoms with E-state index in [0.717, 1.165) is 59.0 Å². The van der Waals surface area contributed by atoms with Gasteiger partial charge in [0.1, 0.15) is 34.2 Å². The number of esters is 2. The van der Waals surface area contributed by atoms with Gasteiger partial charge in [-0.2, -0.15) is 0 Å². The highest BCUT2D eigenvalue weighted by atomic mass is 32.2. The quantitative estimate of drug-likeness (QED) is 0.0229. The minimum atomic E-state index is -1.79. The lowest BCUT2D eigenvalue weighted by atomic mass is 9.92. The van der Waals surface area contributed by atoms with Crippen LogP contribution in [0.4, 0.5) is 15.0 Å². The number of allylic oxidation sites excluding steroid dienone is 13. The summed E-state index contributed by atoms with van der Waals surface area (Å²) in [6, 6.07) is 0.161. The minimum Gasteiger partial charge on any atom is -0.493 e. The van der Waals surface area contributed by atoms with Crippen LogP contribution in [0.5, 0.6) is 0 Å². The molecule has 1 saturated carbocycles. The zero-order valence-corrected chi connectivity index (χ0v) is 51.8. The summed E-state index contributed by atoms with van der Waals surface area (Å²) in [7, 11) is 3.01. The highest BCUT2D eigenvalue weighted by Crippen LogP contribution is 2.46. The second-order valence-corrected chi connectivity index (χ2v) is 25.2. The van der Waals surface area contributed by atoms with Gasteiger partial charge in [-0.3, -0.25) is 31.1 Å². The second-order valence-electron chi connectivity index (χ2n) is 18.3. The normalized spacial score (nSPS) is 17.1. The van der Waals surface area contributed by atoms with E-state index in [1.54, 1.807) is 72.8 Å². The first kappa shape index (κ1) is 63.9. The van der Waals surface area contributed by atoms with E-state index < -0.39 is 33.4 Å². The summed E-state index contributed by atoms with van der Waals surface area (Å²) in [6.45, 7) is 24.2. The molecule has 1 fully saturated rings. The molecule has 4 heterocycles. The lowest BCUT2D eigenvalue weighted by Gasteiger charge is -2.26. The number of rotatable bonds is 15. The van der Waals surface area contributed by atoms with Crippen LogP contribution in [-0.4, -0.2) is 71.7 Å². The van der Waals surface area contributed by atoms with Gasteiger partial charge in [-0.05, 0) is 169 Å². The molecule has 0 bridgehead atoms. The highest BCUT2D eigenvalue weighted by Gasteiger charge is 2.32. The first-order valence-corrected chi connectivity index (χ1v) is 31.7. The summed E-state index contributed by atoms with van der Waals surface area (Å²) in [4.78, 5) is 30.0. The number of carbonyl (C=O) groups is 2. The number of hydrogen-bond acceptors (Lipinski definition) is 17. The van der Waals surface area contributed by atoms with E-state index in [1.807, 2.05) is 67.7 Å². The Morgan fingerprint density at radius 3 is 1.99 bits per heavy atom. The maximum absolute atomic E-state index is 12.9. The monoisotopic (exact) mass is 1180 g/mol. The first-order chi connectivity index (χ1) is 37.7. The third kappa shape index (κ3) is 16.2. The van der Waals surface area contributed by atoms with Crippen molar-refractivity contribution in [2.75, 3.05) is 27.4 Å². The lowest BCUT2D eigenvalue weighted by Crippen LogP contribution is -2.30. The number of carbonyl (C=O) groups excluding carboxylic acids is 2. The SMILES string of the molecule is CC.CC.CC(C)(C)OC(=O)c1c(NSC2=CC=CC3=CC=CNC32)sc2c1CCC2.CCOC(=C1CC1)c1c(NS(=N)C2=CC=CC(=N)C2=N)sc(C)c1C.[B]c1c(C)sc(NS(=O)C2=CC=CC(=N)C2=N)c1C(=O)OCC. The van der Waals surface area contributed by atoms with Crippen molar-refractivity contribution in [1.82, 2.24) is 5.32 Å². The standard InChI is InChI=1S/C21H24N2O2S2.C18H22N4OS2.C14H14BN3O3S2.2C2H6/c1-21(2,3)25-20(24)17-14-9-5-10-15(14)26-19(17)23-27-16-11-4-7-13-8-6-12-22-18(13)16;1-4-23-17(12-8-9-12)15-10(2)11(3)24-18(15)22-25(21)14-7-5-6-13(19)16(14)20;1-3-21-14(19)10-11(15)7(2)22-13(10)18-23(20)9-6-4-5-8(16)12(9)17;2*1-2/h4,6-8,11-12,18,22-23H,5,9-10H2,1-3H3;5-7,19-20H,4,8-9H2,1-3H3,(H2,21,22);4-6,16-18H,3H2,1-2H3;2*1-2H3. The zero-order chi connectivity index (χ0) is 58.3. The fraction of sp³-hybridized carbons (Fsp3) is 0.368. The second kappa shape index (κ2) is 29.5. The Morgan fingerprint density at radius 1 is 0.747 bits per heavy atom. The van der Waals surface area contributed by atoms with Crippen LogP contribution in [0.3, 0.4) is 0 Å². The fourth-order valence-corrected chi connectivity index (χ4v) is 14.5. The first-order valence-electron chi connectivity index (χ1n) is 26.1. The molecule has 3 unspecified atom stereocenters. The van der Waals surface area contributed by atoms with Gasteiger partial charge in [-0.25, -0.2) is 13.8 Å². The molecule has 0 amide bonds. The van der Waals surface area contributed by atoms with Crippen molar-refractivity contribution in [2.24, 2.45) is 0 Å². The molecular weight excluding hydrogens is 1110 g/mol. The van der Waals surface area contributed by atoms with Crippen molar-refractivity contribution in [1.29, 1.82) is 26.4 Å². The van der Waals surface area contributed by atoms with Crippen molar-refractivity contribution in [3.8, 4) is 0 Å². The van der Waals surface area contributed by atoms with Crippen LogP contribution in [0.25, 0.3) is 5.76 Å². The molecule has 6 aliphatic rings. The summed E-state index contributed by atoms with van der Waals surface area (Å²) < 4.78 is 47.0. The van der Waals surface area contributed by atoms with Crippen LogP contribution >= 0.6 is 46.0 Å². The number of thiophene rings is 3. The predicted molar refractivity (Wildman–Crippen MR) is 340 cm³/mol. The Balaban J connectivity index is 0.000000212. The van der Waals surface area contributed by atoms with E-state index in [2.05, 4.69) is 57.6 Å². The molecule has 1 aliphatic heterocycles. The Kier molecular flexibility index (Phi) is 23.9. The number of anilines is 3. The van der Waals surface area contributed by atoms with Gasteiger partial charge in [0.05, 0.1) is 68.6 Å². The van der Waals surface area contributed by atoms with Crippen molar-refractivity contribution in [2.45, 2.75) is 127 Å². The van der Waals surface area contributed by atoms with E-state index >= 15 is 0 Å². The number of hydrogen-bond donors (Lipinski definition) is 9. The maximum atomic E-state index is 12.9. The molecule has 22 heteroatoms. The highest BCUT2D eigenvalue weighted by molar-refractivity contribution is 8.04. The molecule has 9 N–H and O–H groups in total. The summed E-state index contributed by atoms with van der Waals surface area (Å²) in [6.07, 6.45) is 27.2. The summed E-state index contributed by atoms with van der Waals surface area (Å²) in [5.74, 6) is 0.153. The molecule has 0 aromatic carbocycles. The largest absolute Gasteiger partial charge is 0.493 e. The summed E-state index contributed by atoms with van der Waals surface area (Å²) in [5, 5.41) is 36.8. The summed E-state index contributed by atoms with van der Waals surface area (Å²) >= 11 is 6.08. The van der Waals surface area contributed by atoms with Crippen LogP contribution in [0, 0.1) is 47.2 Å². The van der Waals surface area contributed by atoms with Crippen LogP contribution in [-0.2, 0) is 48.9 Å². The molecule has 3 aromatic rings. The Morgan fingerprint density at radius 2 is 1.35 bits per heavy atom. The average molecular weight is 1180 g/mol. The fourth-order valence-electron chi connectivity index (χ4n) is 7.94. The van der Waals surface area contributed by atoms with E-state index in [1.165, 1.54) is 60.4 Å². The number of aryl methyl sites for hydroxylation is 3. The zero-order valence-electron chi connectivity index (χ0n) is 46.9. The van der Waals surface area contributed by atoms with E-state index in [0.29, 0.717) is 21.4 Å². The van der Waals surface area contributed by atoms with Gasteiger partial charge in [0, 0.05) is 25.5 Å². The van der Waals surface area contributed by atoms with Crippen molar-refractivity contribution >= 4 is 137 Å². The van der Waals surface area contributed by atoms with Gasteiger partial charge in [-0.1, -0.05) is 63.5 Å². The molecule has 79 heavy (non-hydrogen) atoms. The van der Waals surface area contributed by atoms with Gasteiger partial charge < -0.3 is 29.0 Å². The molecule has 9 rings (SSSR count). The molecule has 0 saturated heterocycles. The van der Waals surface area contributed by atoms with E-state index in [4.69, 9.17) is 48.5 Å². The van der Waals surface area contributed by atoms with E-state index in [-0.39, 0.29) is 57.4 Å². The van der Waals surface area contributed by atoms with Crippen molar-refractivity contribution in [3.05, 3.63) is 141 Å². The van der Waals surface area contributed by atoms with Gasteiger partial charge in [0.15, 0.2) is 11.0 Å². The van der Waals surface area contributed by atoms with Gasteiger partial charge in [0.2, 0.25) is 0 Å². The van der Waals surface area contributed by atoms with Crippen LogP contribution in [0.2, 0.25) is 0 Å². The molecule has 3 atom stereocenters. The van der Waals surface area contributed by atoms with Gasteiger partial charge in [0.25, 0.3) is 0 Å². The molecule has 5 aliphatic carbocycles.